The number of carbonyl (C=O) groups is 2. The van der Waals surface area contributed by atoms with E-state index in [-0.39, 0.29) is 13.0 Å². The van der Waals surface area contributed by atoms with E-state index in [9.17, 15) is 9.59 Å². The van der Waals surface area contributed by atoms with Crippen molar-refractivity contribution in [3.8, 4) is 11.3 Å². The van der Waals surface area contributed by atoms with Gasteiger partial charge in [0.2, 0.25) is 0 Å². The van der Waals surface area contributed by atoms with Gasteiger partial charge in [-0.15, -0.1) is 0 Å². The van der Waals surface area contributed by atoms with Crippen LogP contribution in [0.2, 0.25) is 0 Å². The molecule has 0 bridgehead atoms. The van der Waals surface area contributed by atoms with Crippen molar-refractivity contribution in [2.24, 2.45) is 0 Å². The van der Waals surface area contributed by atoms with Crippen molar-refractivity contribution < 1.29 is 19.1 Å². The van der Waals surface area contributed by atoms with Crippen LogP contribution in [0.1, 0.15) is 32.2 Å². The van der Waals surface area contributed by atoms with Crippen molar-refractivity contribution in [1.82, 2.24) is 15.3 Å². The monoisotopic (exact) mass is 421 g/mol. The molecule has 3 rings (SSSR count). The SMILES string of the molecule is CC(C)(C)OC(=O)NC(Cc1ncc(-c2ccccc2)[nH]1)C(=O)OCc1ccccc1. The average molecular weight is 421 g/mol. The fourth-order valence-electron chi connectivity index (χ4n) is 2.90. The lowest BCUT2D eigenvalue weighted by Crippen LogP contribution is -2.45. The summed E-state index contributed by atoms with van der Waals surface area (Å²) in [5, 5.41) is 2.61. The molecule has 3 aromatic rings. The van der Waals surface area contributed by atoms with Gasteiger partial charge in [-0.1, -0.05) is 60.7 Å². The normalized spacial score (nSPS) is 12.1. The van der Waals surface area contributed by atoms with Crippen molar-refractivity contribution in [1.29, 1.82) is 0 Å². The number of aromatic nitrogens is 2. The van der Waals surface area contributed by atoms with Gasteiger partial charge in [0.15, 0.2) is 0 Å². The van der Waals surface area contributed by atoms with Crippen LogP contribution in [-0.4, -0.2) is 33.7 Å². The summed E-state index contributed by atoms with van der Waals surface area (Å²) < 4.78 is 10.7. The smallest absolute Gasteiger partial charge is 0.408 e. The Balaban J connectivity index is 1.71. The average Bonchev–Trinajstić information content (AvgIpc) is 3.20. The van der Waals surface area contributed by atoms with Gasteiger partial charge in [-0.3, -0.25) is 0 Å². The lowest BCUT2D eigenvalue weighted by Gasteiger charge is -2.22. The molecule has 31 heavy (non-hydrogen) atoms. The van der Waals surface area contributed by atoms with E-state index in [0.717, 1.165) is 16.8 Å². The molecule has 0 aliphatic carbocycles. The van der Waals surface area contributed by atoms with Crippen molar-refractivity contribution in [3.63, 3.8) is 0 Å². The molecule has 162 valence electrons. The van der Waals surface area contributed by atoms with E-state index in [1.807, 2.05) is 60.7 Å². The van der Waals surface area contributed by atoms with Gasteiger partial charge in [0.25, 0.3) is 0 Å². The molecule has 0 aliphatic rings. The summed E-state index contributed by atoms with van der Waals surface area (Å²) in [4.78, 5) is 32.6. The quantitative estimate of drug-likeness (QED) is 0.556. The molecule has 1 heterocycles. The third kappa shape index (κ3) is 6.99. The number of hydrogen-bond donors (Lipinski definition) is 2. The van der Waals surface area contributed by atoms with Gasteiger partial charge >= 0.3 is 12.1 Å². The Hall–Kier alpha value is -3.61. The Bertz CT molecular complexity index is 994. The zero-order valence-electron chi connectivity index (χ0n) is 17.9. The standard InChI is InChI=1S/C24H27N3O4/c1-24(2,3)31-23(29)27-19(22(28)30-16-17-10-6-4-7-11-17)14-21-25-15-20(26-21)18-12-8-5-9-13-18/h4-13,15,19H,14,16H2,1-3H3,(H,25,26)(H,27,29). The zero-order valence-corrected chi connectivity index (χ0v) is 17.9. The first kappa shape index (κ1) is 22.1. The number of H-pyrrole nitrogens is 1. The summed E-state index contributed by atoms with van der Waals surface area (Å²) in [6, 6.07) is 18.1. The number of imidazole rings is 1. The molecular formula is C24H27N3O4. The molecule has 0 saturated carbocycles. The van der Waals surface area contributed by atoms with Crippen LogP contribution in [0.25, 0.3) is 11.3 Å². The third-order valence-electron chi connectivity index (χ3n) is 4.31. The van der Waals surface area contributed by atoms with Crippen LogP contribution in [0.15, 0.2) is 66.9 Å². The Kier molecular flexibility index (Phi) is 7.07. The second-order valence-electron chi connectivity index (χ2n) is 8.11. The fourth-order valence-corrected chi connectivity index (χ4v) is 2.90. The lowest BCUT2D eigenvalue weighted by atomic mass is 10.2. The number of amides is 1. The van der Waals surface area contributed by atoms with Gasteiger partial charge < -0.3 is 19.8 Å². The largest absolute Gasteiger partial charge is 0.459 e. The number of alkyl carbamates (subject to hydrolysis) is 1. The minimum absolute atomic E-state index is 0.111. The molecule has 0 saturated heterocycles. The molecule has 7 heteroatoms. The first-order valence-electron chi connectivity index (χ1n) is 10.1. The number of esters is 1. The van der Waals surface area contributed by atoms with Gasteiger partial charge in [0.05, 0.1) is 11.9 Å². The maximum absolute atomic E-state index is 12.8. The van der Waals surface area contributed by atoms with Gasteiger partial charge in [0, 0.05) is 6.42 Å². The molecule has 7 nitrogen and oxygen atoms in total. The van der Waals surface area contributed by atoms with Crippen LogP contribution < -0.4 is 5.32 Å². The van der Waals surface area contributed by atoms with E-state index in [1.165, 1.54) is 0 Å². The molecule has 1 aromatic heterocycles. The van der Waals surface area contributed by atoms with Crippen molar-refractivity contribution >= 4 is 12.1 Å². The van der Waals surface area contributed by atoms with Crippen LogP contribution in [-0.2, 0) is 27.3 Å². The van der Waals surface area contributed by atoms with Crippen LogP contribution >= 0.6 is 0 Å². The number of ether oxygens (including phenoxy) is 2. The zero-order chi connectivity index (χ0) is 22.3. The van der Waals surface area contributed by atoms with Gasteiger partial charge in [-0.05, 0) is 31.9 Å². The Morgan fingerprint density at radius 1 is 1.03 bits per heavy atom. The van der Waals surface area contributed by atoms with E-state index in [2.05, 4.69) is 15.3 Å². The Morgan fingerprint density at radius 3 is 2.32 bits per heavy atom. The highest BCUT2D eigenvalue weighted by molar-refractivity contribution is 5.81. The predicted octanol–water partition coefficient (Wildman–Crippen LogP) is 4.26. The first-order chi connectivity index (χ1) is 14.8. The highest BCUT2D eigenvalue weighted by atomic mass is 16.6. The topological polar surface area (TPSA) is 93.3 Å². The van der Waals surface area contributed by atoms with Crippen molar-refractivity contribution in [2.45, 2.75) is 45.4 Å². The second-order valence-corrected chi connectivity index (χ2v) is 8.11. The van der Waals surface area contributed by atoms with E-state index < -0.39 is 23.7 Å². The number of rotatable bonds is 7. The van der Waals surface area contributed by atoms with Crippen LogP contribution in [0.4, 0.5) is 4.79 Å². The molecule has 0 aliphatic heterocycles. The second kappa shape index (κ2) is 9.93. The number of aromatic amines is 1. The summed E-state index contributed by atoms with van der Waals surface area (Å²) in [7, 11) is 0. The van der Waals surface area contributed by atoms with Gasteiger partial charge in [0.1, 0.15) is 24.1 Å². The maximum Gasteiger partial charge on any atom is 0.408 e. The molecule has 0 spiro atoms. The van der Waals surface area contributed by atoms with Gasteiger partial charge in [-0.25, -0.2) is 14.6 Å². The van der Waals surface area contributed by atoms with Crippen LogP contribution in [0, 0.1) is 0 Å². The van der Waals surface area contributed by atoms with Crippen LogP contribution in [0.5, 0.6) is 0 Å². The van der Waals surface area contributed by atoms with Crippen molar-refractivity contribution in [2.75, 3.05) is 0 Å². The van der Waals surface area contributed by atoms with Crippen molar-refractivity contribution in [3.05, 3.63) is 78.2 Å². The van der Waals surface area contributed by atoms with E-state index in [1.54, 1.807) is 27.0 Å². The molecule has 1 unspecified atom stereocenters. The molecular weight excluding hydrogens is 394 g/mol. The fraction of sp³-hybridized carbons (Fsp3) is 0.292. The number of nitrogens with zero attached hydrogens (tertiary/aromatic N) is 1. The first-order valence-corrected chi connectivity index (χ1v) is 10.1. The third-order valence-corrected chi connectivity index (χ3v) is 4.31. The molecule has 0 radical (unpaired) electrons. The van der Waals surface area contributed by atoms with E-state index in [0.29, 0.717) is 5.82 Å². The summed E-state index contributed by atoms with van der Waals surface area (Å²) in [6.45, 7) is 5.38. The predicted molar refractivity (Wildman–Crippen MR) is 117 cm³/mol. The summed E-state index contributed by atoms with van der Waals surface area (Å²) in [5.74, 6) is -0.0102. The number of carbonyl (C=O) groups excluding carboxylic acids is 2. The molecule has 1 atom stereocenters. The summed E-state index contributed by atoms with van der Waals surface area (Å²) in [6.07, 6.45) is 1.15. The molecule has 1 amide bonds. The Labute approximate surface area is 181 Å². The minimum Gasteiger partial charge on any atom is -0.459 e. The molecule has 0 fully saturated rings. The minimum atomic E-state index is -0.951. The Morgan fingerprint density at radius 2 is 1.68 bits per heavy atom. The van der Waals surface area contributed by atoms with Crippen LogP contribution in [0.3, 0.4) is 0 Å². The molecule has 2 aromatic carbocycles. The summed E-state index contributed by atoms with van der Waals surface area (Å²) in [5.41, 5.74) is 1.97. The lowest BCUT2D eigenvalue weighted by molar-refractivity contribution is -0.147. The molecule has 2 N–H and O–H groups in total. The highest BCUT2D eigenvalue weighted by Gasteiger charge is 2.27. The number of benzene rings is 2. The highest BCUT2D eigenvalue weighted by Crippen LogP contribution is 2.17. The van der Waals surface area contributed by atoms with Gasteiger partial charge in [-0.2, -0.15) is 0 Å². The van der Waals surface area contributed by atoms with E-state index in [4.69, 9.17) is 9.47 Å². The number of nitrogens with one attached hydrogen (secondary N) is 2. The van der Waals surface area contributed by atoms with E-state index >= 15 is 0 Å². The number of hydrogen-bond acceptors (Lipinski definition) is 5. The maximum atomic E-state index is 12.8. The summed E-state index contributed by atoms with van der Waals surface area (Å²) >= 11 is 0.